The van der Waals surface area contributed by atoms with Crippen LogP contribution in [-0.2, 0) is 4.74 Å². The maximum atomic E-state index is 11.9. The molecule has 0 radical (unpaired) electrons. The molecule has 0 saturated heterocycles. The van der Waals surface area contributed by atoms with Gasteiger partial charge in [0.2, 0.25) is 0 Å². The molecule has 0 spiro atoms. The average molecular weight is 302 g/mol. The minimum Gasteiger partial charge on any atom is -0.497 e. The molecule has 0 aliphatic heterocycles. The lowest BCUT2D eigenvalue weighted by molar-refractivity contribution is 0.0522. The highest BCUT2D eigenvalue weighted by Crippen LogP contribution is 2.29. The Morgan fingerprint density at radius 1 is 1.23 bits per heavy atom. The number of carbonyl (C=O) groups is 1. The third-order valence-electron chi connectivity index (χ3n) is 3.20. The van der Waals surface area contributed by atoms with E-state index in [-0.39, 0.29) is 12.3 Å². The third kappa shape index (κ3) is 2.09. The standard InChI is InChI=1S/C14H14N4O4/c1-4-22-14(19)12-13-17-16-11-9(18(13)7-15-12)5-8(20-2)6-10(11)21-3/h5-7H,4H2,1-3H3. The summed E-state index contributed by atoms with van der Waals surface area (Å²) in [6.45, 7) is 1.99. The molecule has 0 bridgehead atoms. The monoisotopic (exact) mass is 302 g/mol. The Bertz CT molecular complexity index is 859. The first-order valence-corrected chi connectivity index (χ1v) is 6.62. The van der Waals surface area contributed by atoms with E-state index >= 15 is 0 Å². The van der Waals surface area contributed by atoms with Crippen LogP contribution < -0.4 is 9.47 Å². The molecule has 3 aromatic rings. The molecule has 22 heavy (non-hydrogen) atoms. The van der Waals surface area contributed by atoms with E-state index in [1.165, 1.54) is 13.4 Å². The summed E-state index contributed by atoms with van der Waals surface area (Å²) in [5.41, 5.74) is 1.66. The molecular formula is C14H14N4O4. The number of rotatable bonds is 4. The average Bonchev–Trinajstić information content (AvgIpc) is 2.98. The van der Waals surface area contributed by atoms with Gasteiger partial charge in [-0.2, -0.15) is 0 Å². The zero-order valence-corrected chi connectivity index (χ0v) is 12.4. The van der Waals surface area contributed by atoms with Crippen molar-refractivity contribution < 1.29 is 19.0 Å². The maximum absolute atomic E-state index is 11.9. The van der Waals surface area contributed by atoms with E-state index in [1.54, 1.807) is 30.6 Å². The van der Waals surface area contributed by atoms with Crippen molar-refractivity contribution in [2.24, 2.45) is 0 Å². The number of fused-ring (bicyclic) bond motifs is 3. The minimum absolute atomic E-state index is 0.123. The summed E-state index contributed by atoms with van der Waals surface area (Å²) in [7, 11) is 3.10. The topological polar surface area (TPSA) is 87.8 Å². The van der Waals surface area contributed by atoms with Gasteiger partial charge in [-0.15, -0.1) is 10.2 Å². The second kappa shape index (κ2) is 5.47. The van der Waals surface area contributed by atoms with E-state index in [4.69, 9.17) is 14.2 Å². The molecule has 0 aliphatic carbocycles. The van der Waals surface area contributed by atoms with E-state index in [0.717, 1.165) is 0 Å². The molecule has 114 valence electrons. The van der Waals surface area contributed by atoms with Gasteiger partial charge in [-0.05, 0) is 6.92 Å². The fourth-order valence-corrected chi connectivity index (χ4v) is 2.18. The van der Waals surface area contributed by atoms with E-state index in [0.29, 0.717) is 28.2 Å². The van der Waals surface area contributed by atoms with Gasteiger partial charge in [-0.3, -0.25) is 4.40 Å². The summed E-state index contributed by atoms with van der Waals surface area (Å²) in [5.74, 6) is 0.591. The number of imidazole rings is 1. The first kappa shape index (κ1) is 14.1. The molecule has 2 aromatic heterocycles. The largest absolute Gasteiger partial charge is 0.497 e. The van der Waals surface area contributed by atoms with Gasteiger partial charge in [0.15, 0.2) is 22.6 Å². The lowest BCUT2D eigenvalue weighted by atomic mass is 10.2. The van der Waals surface area contributed by atoms with Gasteiger partial charge >= 0.3 is 5.97 Å². The van der Waals surface area contributed by atoms with Gasteiger partial charge in [0, 0.05) is 12.1 Å². The normalized spacial score (nSPS) is 10.9. The van der Waals surface area contributed by atoms with Gasteiger partial charge in [-0.25, -0.2) is 9.78 Å². The van der Waals surface area contributed by atoms with Crippen LogP contribution in [0.5, 0.6) is 11.5 Å². The molecule has 0 saturated carbocycles. The Morgan fingerprint density at radius 2 is 2.05 bits per heavy atom. The molecule has 3 rings (SSSR count). The highest BCUT2D eigenvalue weighted by Gasteiger charge is 2.19. The van der Waals surface area contributed by atoms with Gasteiger partial charge in [-0.1, -0.05) is 0 Å². The Hall–Kier alpha value is -2.90. The van der Waals surface area contributed by atoms with Crippen LogP contribution in [0.2, 0.25) is 0 Å². The zero-order valence-electron chi connectivity index (χ0n) is 12.4. The van der Waals surface area contributed by atoms with Gasteiger partial charge in [0.05, 0.1) is 26.3 Å². The Labute approximate surface area is 125 Å². The quantitative estimate of drug-likeness (QED) is 0.674. The Morgan fingerprint density at radius 3 is 2.73 bits per heavy atom. The van der Waals surface area contributed by atoms with Crippen molar-refractivity contribution in [3.05, 3.63) is 24.2 Å². The Balaban J connectivity index is 2.29. The highest BCUT2D eigenvalue weighted by molar-refractivity contribution is 5.95. The van der Waals surface area contributed by atoms with Crippen LogP contribution in [0.15, 0.2) is 18.5 Å². The first-order valence-electron chi connectivity index (χ1n) is 6.62. The molecule has 1 aromatic carbocycles. The Kier molecular flexibility index (Phi) is 3.50. The van der Waals surface area contributed by atoms with Crippen molar-refractivity contribution in [1.82, 2.24) is 19.6 Å². The fraction of sp³-hybridized carbons (Fsp3) is 0.286. The first-order chi connectivity index (χ1) is 10.7. The smallest absolute Gasteiger partial charge is 0.360 e. The van der Waals surface area contributed by atoms with Gasteiger partial charge in [0.25, 0.3) is 0 Å². The van der Waals surface area contributed by atoms with Gasteiger partial charge in [0.1, 0.15) is 12.1 Å². The van der Waals surface area contributed by atoms with E-state index in [9.17, 15) is 4.79 Å². The molecule has 0 atom stereocenters. The number of hydrogen-bond acceptors (Lipinski definition) is 7. The molecule has 0 amide bonds. The number of aromatic nitrogens is 4. The molecule has 8 heteroatoms. The number of benzene rings is 1. The van der Waals surface area contributed by atoms with Gasteiger partial charge < -0.3 is 14.2 Å². The predicted molar refractivity (Wildman–Crippen MR) is 77.3 cm³/mol. The van der Waals surface area contributed by atoms with Crippen molar-refractivity contribution >= 4 is 22.6 Å². The lowest BCUT2D eigenvalue weighted by Gasteiger charge is -2.08. The van der Waals surface area contributed by atoms with Crippen LogP contribution in [0.1, 0.15) is 17.4 Å². The van der Waals surface area contributed by atoms with Crippen LogP contribution in [0.3, 0.4) is 0 Å². The number of carbonyl (C=O) groups excluding carboxylic acids is 1. The molecule has 0 N–H and O–H groups in total. The molecule has 0 unspecified atom stereocenters. The van der Waals surface area contributed by atoms with Crippen molar-refractivity contribution in [3.8, 4) is 11.5 Å². The van der Waals surface area contributed by atoms with Crippen molar-refractivity contribution in [2.75, 3.05) is 20.8 Å². The maximum Gasteiger partial charge on any atom is 0.360 e. The lowest BCUT2D eigenvalue weighted by Crippen LogP contribution is -2.07. The summed E-state index contributed by atoms with van der Waals surface area (Å²) in [6.07, 6.45) is 1.50. The number of nitrogens with zero attached hydrogens (tertiary/aromatic N) is 4. The third-order valence-corrected chi connectivity index (χ3v) is 3.20. The van der Waals surface area contributed by atoms with Crippen molar-refractivity contribution in [2.45, 2.75) is 6.92 Å². The number of ether oxygens (including phenoxy) is 3. The second-order valence-electron chi connectivity index (χ2n) is 4.40. The van der Waals surface area contributed by atoms with Crippen LogP contribution in [-0.4, -0.2) is 46.4 Å². The zero-order chi connectivity index (χ0) is 15.7. The van der Waals surface area contributed by atoms with E-state index in [1.807, 2.05) is 0 Å². The second-order valence-corrected chi connectivity index (χ2v) is 4.40. The molecule has 0 aliphatic rings. The highest BCUT2D eigenvalue weighted by atomic mass is 16.5. The van der Waals surface area contributed by atoms with Crippen LogP contribution in [0.25, 0.3) is 16.7 Å². The minimum atomic E-state index is -0.534. The number of methoxy groups -OCH3 is 2. The fourth-order valence-electron chi connectivity index (χ4n) is 2.18. The SMILES string of the molecule is CCOC(=O)c1ncn2c1nnc1c(OC)cc(OC)cc12. The molecule has 0 fully saturated rings. The van der Waals surface area contributed by atoms with Crippen molar-refractivity contribution in [1.29, 1.82) is 0 Å². The summed E-state index contributed by atoms with van der Waals surface area (Å²) in [4.78, 5) is 16.0. The molecule has 2 heterocycles. The van der Waals surface area contributed by atoms with Crippen molar-refractivity contribution in [3.63, 3.8) is 0 Å². The summed E-state index contributed by atoms with van der Waals surface area (Å²) in [5, 5.41) is 8.20. The summed E-state index contributed by atoms with van der Waals surface area (Å²) >= 11 is 0. The summed E-state index contributed by atoms with van der Waals surface area (Å²) in [6, 6.07) is 3.49. The van der Waals surface area contributed by atoms with E-state index in [2.05, 4.69) is 15.2 Å². The van der Waals surface area contributed by atoms with Crippen LogP contribution in [0, 0.1) is 0 Å². The number of esters is 1. The van der Waals surface area contributed by atoms with Crippen LogP contribution in [0.4, 0.5) is 0 Å². The molecular weight excluding hydrogens is 288 g/mol. The van der Waals surface area contributed by atoms with E-state index < -0.39 is 5.97 Å². The van der Waals surface area contributed by atoms with Crippen LogP contribution >= 0.6 is 0 Å². The number of hydrogen-bond donors (Lipinski definition) is 0. The summed E-state index contributed by atoms with van der Waals surface area (Å²) < 4.78 is 17.2. The molecule has 8 nitrogen and oxygen atoms in total. The predicted octanol–water partition coefficient (Wildman–Crippen LogP) is 1.47.